The second kappa shape index (κ2) is 10.6. The molecule has 2 aliphatic rings. The van der Waals surface area contributed by atoms with Gasteiger partial charge in [-0.05, 0) is 64.3 Å². The smallest absolute Gasteiger partial charge is 0.410 e. The number of rotatable bonds is 4. The summed E-state index contributed by atoms with van der Waals surface area (Å²) in [6.07, 6.45) is 5.00. The molecular weight excluding hydrogens is 512 g/mol. The molecule has 4 heterocycles. The summed E-state index contributed by atoms with van der Waals surface area (Å²) < 4.78 is 8.16. The van der Waals surface area contributed by atoms with Gasteiger partial charge in [0.1, 0.15) is 5.60 Å². The van der Waals surface area contributed by atoms with Gasteiger partial charge in [-0.25, -0.2) is 14.2 Å². The molecule has 1 fully saturated rings. The van der Waals surface area contributed by atoms with Crippen LogP contribution < -0.4 is 16.1 Å². The van der Waals surface area contributed by atoms with Crippen LogP contribution in [0.2, 0.25) is 0 Å². The van der Waals surface area contributed by atoms with Crippen LogP contribution in [0, 0.1) is 11.1 Å². The average molecular weight is 546 g/mol. The first kappa shape index (κ1) is 27.2. The molecule has 1 amide bonds. The van der Waals surface area contributed by atoms with E-state index < -0.39 is 23.2 Å². The van der Waals surface area contributed by atoms with E-state index in [2.05, 4.69) is 4.98 Å². The number of likely N-dealkylation sites (tertiary alicyclic amines) is 1. The fourth-order valence-corrected chi connectivity index (χ4v) is 5.11. The van der Waals surface area contributed by atoms with Gasteiger partial charge in [0, 0.05) is 43.3 Å². The van der Waals surface area contributed by atoms with Crippen molar-refractivity contribution in [2.24, 2.45) is 5.92 Å². The van der Waals surface area contributed by atoms with Crippen LogP contribution >= 0.6 is 0 Å². The summed E-state index contributed by atoms with van der Waals surface area (Å²) in [5.74, 6) is -0.754. The van der Waals surface area contributed by atoms with Crippen LogP contribution in [0.5, 0.6) is 0 Å². The lowest BCUT2D eigenvalue weighted by Crippen LogP contribution is -2.51. The van der Waals surface area contributed by atoms with Gasteiger partial charge in [0.25, 0.3) is 5.56 Å². The molecule has 3 aromatic rings. The van der Waals surface area contributed by atoms with Gasteiger partial charge < -0.3 is 20.0 Å². The Kier molecular flexibility index (Phi) is 7.24. The van der Waals surface area contributed by atoms with E-state index in [0.29, 0.717) is 47.7 Å². The van der Waals surface area contributed by atoms with Crippen LogP contribution in [0.15, 0.2) is 59.7 Å². The molecule has 0 atom stereocenters. The number of benzene rings is 1. The molecular formula is C29H33N6O5-. The number of hydrazine groups is 1. The Hall–Kier alpha value is -4.38. The third-order valence-corrected chi connectivity index (χ3v) is 7.07. The van der Waals surface area contributed by atoms with Crippen molar-refractivity contribution in [3.63, 3.8) is 0 Å². The molecule has 2 aliphatic heterocycles. The molecule has 0 aliphatic carbocycles. The van der Waals surface area contributed by atoms with Crippen molar-refractivity contribution >= 4 is 23.9 Å². The lowest BCUT2D eigenvalue weighted by atomic mass is 9.96. The lowest BCUT2D eigenvalue weighted by Gasteiger charge is -2.42. The number of hydroxylamine groups is 1. The summed E-state index contributed by atoms with van der Waals surface area (Å²) in [4.78, 5) is 46.3. The number of fused-ring (bicyclic) bond motifs is 1. The molecule has 11 heteroatoms. The highest BCUT2D eigenvalue weighted by Gasteiger charge is 2.33. The fourth-order valence-electron chi connectivity index (χ4n) is 5.11. The van der Waals surface area contributed by atoms with Crippen LogP contribution in [0.4, 0.5) is 4.79 Å². The van der Waals surface area contributed by atoms with Crippen LogP contribution in [-0.2, 0) is 11.3 Å². The number of amides is 1. The van der Waals surface area contributed by atoms with Crippen molar-refractivity contribution in [3.05, 3.63) is 86.6 Å². The largest absolute Gasteiger partial charge is 0.739 e. The van der Waals surface area contributed by atoms with Crippen molar-refractivity contribution in [3.8, 4) is 5.69 Å². The zero-order valence-electron chi connectivity index (χ0n) is 23.1. The minimum absolute atomic E-state index is 0.214. The summed E-state index contributed by atoms with van der Waals surface area (Å²) in [6.45, 7) is 8.06. The van der Waals surface area contributed by atoms with E-state index in [1.165, 1.54) is 20.6 Å². The van der Waals surface area contributed by atoms with Gasteiger partial charge in [-0.1, -0.05) is 24.3 Å². The Balaban J connectivity index is 1.54. The summed E-state index contributed by atoms with van der Waals surface area (Å²) in [5, 5.41) is 15.9. The van der Waals surface area contributed by atoms with E-state index in [1.54, 1.807) is 54.5 Å². The molecule has 0 saturated carbocycles. The van der Waals surface area contributed by atoms with Crippen molar-refractivity contribution in [1.82, 2.24) is 29.4 Å². The van der Waals surface area contributed by atoms with Gasteiger partial charge in [-0.2, -0.15) is 0 Å². The monoisotopic (exact) mass is 545 g/mol. The molecule has 2 aromatic heterocycles. The van der Waals surface area contributed by atoms with Crippen LogP contribution in [0.25, 0.3) is 17.6 Å². The van der Waals surface area contributed by atoms with E-state index >= 15 is 0 Å². The highest BCUT2D eigenvalue weighted by molar-refractivity contribution is 5.82. The number of aromatic nitrogens is 3. The molecule has 0 bridgehead atoms. The SMILES string of the molecule is CC1=c2c(n(C(=O)C3CCN(C(=O)OC(C)(C)C)CC3)n(-c3ccccc3)c2=O)=CN([O-])N1Cc1cccnc1. The first-order valence-corrected chi connectivity index (χ1v) is 13.3. The summed E-state index contributed by atoms with van der Waals surface area (Å²) in [6, 6.07) is 12.5. The molecule has 210 valence electrons. The minimum Gasteiger partial charge on any atom is -0.739 e. The zero-order chi connectivity index (χ0) is 28.6. The number of hydrogen-bond acceptors (Lipinski definition) is 8. The Bertz CT molecular complexity index is 1580. The minimum atomic E-state index is -0.612. The normalized spacial score (nSPS) is 16.0. The first-order valence-electron chi connectivity index (χ1n) is 13.3. The Morgan fingerprint density at radius 1 is 1.07 bits per heavy atom. The third-order valence-electron chi connectivity index (χ3n) is 7.07. The van der Waals surface area contributed by atoms with E-state index in [9.17, 15) is 19.6 Å². The number of para-hydroxylation sites is 1. The molecule has 0 radical (unpaired) electrons. The molecule has 0 N–H and O–H groups in total. The molecule has 1 saturated heterocycles. The van der Waals surface area contributed by atoms with Gasteiger partial charge in [-0.3, -0.25) is 19.6 Å². The topological polar surface area (TPSA) is 116 Å². The number of nitrogens with zero attached hydrogens (tertiary/aromatic N) is 6. The van der Waals surface area contributed by atoms with Gasteiger partial charge in [0.15, 0.2) is 0 Å². The molecule has 0 unspecified atom stereocenters. The Morgan fingerprint density at radius 3 is 2.40 bits per heavy atom. The first-order chi connectivity index (χ1) is 19.0. The third kappa shape index (κ3) is 5.24. The maximum absolute atomic E-state index is 14.1. The van der Waals surface area contributed by atoms with Crippen molar-refractivity contribution in [1.29, 1.82) is 0 Å². The fraction of sp³-hybridized carbons (Fsp3) is 0.379. The quantitative estimate of drug-likeness (QED) is 0.491. The highest BCUT2D eigenvalue weighted by Crippen LogP contribution is 2.22. The number of carbonyl (C=O) groups is 2. The average Bonchev–Trinajstić information content (AvgIpc) is 3.22. The van der Waals surface area contributed by atoms with Crippen molar-refractivity contribution < 1.29 is 14.3 Å². The second-order valence-corrected chi connectivity index (χ2v) is 11.0. The predicted octanol–water partition coefficient (Wildman–Crippen LogP) is 2.42. The van der Waals surface area contributed by atoms with Gasteiger partial charge in [-0.15, -0.1) is 0 Å². The Morgan fingerprint density at radius 2 is 1.77 bits per heavy atom. The Labute approximate surface area is 231 Å². The number of hydrogen-bond donors (Lipinski definition) is 0. The molecule has 11 nitrogen and oxygen atoms in total. The molecule has 0 spiro atoms. The van der Waals surface area contributed by atoms with Gasteiger partial charge >= 0.3 is 6.09 Å². The van der Waals surface area contributed by atoms with E-state index in [1.807, 2.05) is 32.9 Å². The summed E-state index contributed by atoms with van der Waals surface area (Å²) in [5.41, 5.74) is 0.754. The maximum Gasteiger partial charge on any atom is 0.410 e. The van der Waals surface area contributed by atoms with E-state index in [-0.39, 0.29) is 17.8 Å². The molecule has 40 heavy (non-hydrogen) atoms. The highest BCUT2D eigenvalue weighted by atomic mass is 16.6. The second-order valence-electron chi connectivity index (χ2n) is 11.0. The van der Waals surface area contributed by atoms with Crippen molar-refractivity contribution in [2.45, 2.75) is 52.7 Å². The van der Waals surface area contributed by atoms with Crippen LogP contribution in [-0.4, -0.2) is 60.1 Å². The van der Waals surface area contributed by atoms with Gasteiger partial charge in [0.2, 0.25) is 5.91 Å². The number of piperidine rings is 1. The van der Waals surface area contributed by atoms with Crippen molar-refractivity contribution in [2.75, 3.05) is 13.1 Å². The zero-order valence-corrected chi connectivity index (χ0v) is 23.1. The number of carbonyl (C=O) groups excluding carboxylic acids is 2. The van der Waals surface area contributed by atoms with Crippen LogP contribution in [0.1, 0.15) is 50.9 Å². The van der Waals surface area contributed by atoms with E-state index in [0.717, 1.165) is 5.56 Å². The molecule has 5 rings (SSSR count). The van der Waals surface area contributed by atoms with Crippen LogP contribution in [0.3, 0.4) is 0 Å². The van der Waals surface area contributed by atoms with Gasteiger partial charge in [0.05, 0.1) is 22.8 Å². The predicted molar refractivity (Wildman–Crippen MR) is 149 cm³/mol. The number of ether oxygens (including phenoxy) is 1. The number of pyridine rings is 1. The standard InChI is InChI=1S/C29H33N6O5/c1-20-25-24(19-33(39)32(20)18-21-9-8-14-30-17-21)35(34(27(25)37)23-10-6-5-7-11-23)26(36)22-12-15-31(16-13-22)28(38)40-29(2,3)4/h5-11,14,17,19,22H,12-13,15-16,18H2,1-4H3/q-1. The molecule has 1 aromatic carbocycles. The maximum atomic E-state index is 14.1. The lowest BCUT2D eigenvalue weighted by molar-refractivity contribution is 0.0174. The summed E-state index contributed by atoms with van der Waals surface area (Å²) in [7, 11) is 0. The summed E-state index contributed by atoms with van der Waals surface area (Å²) >= 11 is 0. The van der Waals surface area contributed by atoms with E-state index in [4.69, 9.17) is 4.74 Å².